The third kappa shape index (κ3) is 2.27. The minimum absolute atomic E-state index is 0.0764. The molecule has 1 aromatic rings. The van der Waals surface area contributed by atoms with E-state index in [-0.39, 0.29) is 5.54 Å². The first-order valence-corrected chi connectivity index (χ1v) is 7.15. The Kier molecular flexibility index (Phi) is 2.90. The molecule has 3 atom stereocenters. The smallest absolute Gasteiger partial charge is 0.115 e. The summed E-state index contributed by atoms with van der Waals surface area (Å²) in [5.41, 5.74) is 5.81. The number of benzene rings is 1. The van der Waals surface area contributed by atoms with Crippen molar-refractivity contribution in [3.8, 4) is 0 Å². The predicted molar refractivity (Wildman–Crippen MR) is 79.0 cm³/mol. The Bertz CT molecular complexity index is 513. The summed E-state index contributed by atoms with van der Waals surface area (Å²) in [5.74, 6) is 8.55. The number of fused-ring (bicyclic) bond motifs is 3. The Morgan fingerprint density at radius 3 is 2.74 bits per heavy atom. The van der Waals surface area contributed by atoms with Crippen molar-refractivity contribution < 1.29 is 0 Å². The molecule has 19 heavy (non-hydrogen) atoms. The van der Waals surface area contributed by atoms with Crippen LogP contribution in [-0.4, -0.2) is 11.4 Å². The Labute approximate surface area is 115 Å². The molecule has 0 radical (unpaired) electrons. The lowest BCUT2D eigenvalue weighted by molar-refractivity contribution is 0.572. The number of aliphatic imine (C=N–C) groups is 1. The lowest BCUT2D eigenvalue weighted by Gasteiger charge is -2.16. The highest BCUT2D eigenvalue weighted by molar-refractivity contribution is 5.89. The summed E-state index contributed by atoms with van der Waals surface area (Å²) in [5, 5.41) is 0. The van der Waals surface area contributed by atoms with Crippen LogP contribution in [0.3, 0.4) is 0 Å². The minimum atomic E-state index is -0.0764. The van der Waals surface area contributed by atoms with E-state index < -0.39 is 0 Å². The fourth-order valence-corrected chi connectivity index (χ4v) is 3.50. The number of amidine groups is 1. The van der Waals surface area contributed by atoms with Crippen molar-refractivity contribution in [1.82, 2.24) is 5.43 Å². The molecule has 0 saturated heterocycles. The molecule has 3 N–H and O–H groups in total. The highest BCUT2D eigenvalue weighted by Gasteiger charge is 2.55. The fourth-order valence-electron chi connectivity index (χ4n) is 3.50. The maximum absolute atomic E-state index is 5.71. The molecular formula is C16H23N3. The molecule has 1 fully saturated rings. The lowest BCUT2D eigenvalue weighted by Crippen LogP contribution is -2.35. The van der Waals surface area contributed by atoms with Crippen molar-refractivity contribution in [3.05, 3.63) is 35.4 Å². The summed E-state index contributed by atoms with van der Waals surface area (Å²) in [6.07, 6.45) is 2.46. The molecule has 1 aromatic carbocycles. The van der Waals surface area contributed by atoms with Crippen LogP contribution in [0.4, 0.5) is 0 Å². The second-order valence-corrected chi connectivity index (χ2v) is 6.77. The molecule has 0 aliphatic heterocycles. The maximum Gasteiger partial charge on any atom is 0.115 e. The van der Waals surface area contributed by atoms with Crippen molar-refractivity contribution in [3.63, 3.8) is 0 Å². The van der Waals surface area contributed by atoms with E-state index in [1.54, 1.807) is 0 Å². The van der Waals surface area contributed by atoms with Crippen LogP contribution in [0.15, 0.2) is 29.3 Å². The van der Waals surface area contributed by atoms with Crippen molar-refractivity contribution in [2.24, 2.45) is 22.7 Å². The quantitative estimate of drug-likeness (QED) is 0.352. The molecular weight excluding hydrogens is 234 g/mol. The van der Waals surface area contributed by atoms with E-state index in [2.05, 4.69) is 50.5 Å². The van der Waals surface area contributed by atoms with Crippen molar-refractivity contribution >= 4 is 5.84 Å². The van der Waals surface area contributed by atoms with Crippen LogP contribution in [0.25, 0.3) is 0 Å². The van der Waals surface area contributed by atoms with Gasteiger partial charge in [0.25, 0.3) is 0 Å². The first kappa shape index (κ1) is 12.7. The molecule has 102 valence electrons. The van der Waals surface area contributed by atoms with Crippen LogP contribution in [0.5, 0.6) is 0 Å². The van der Waals surface area contributed by atoms with Crippen LogP contribution >= 0.6 is 0 Å². The van der Waals surface area contributed by atoms with Crippen molar-refractivity contribution in [2.45, 2.75) is 45.1 Å². The zero-order valence-corrected chi connectivity index (χ0v) is 12.0. The Hall–Kier alpha value is -1.35. The van der Waals surface area contributed by atoms with Crippen LogP contribution in [0.1, 0.15) is 44.2 Å². The number of rotatable bonds is 1. The largest absolute Gasteiger partial charge is 0.312 e. The molecule has 2 aliphatic rings. The van der Waals surface area contributed by atoms with Gasteiger partial charge in [-0.25, -0.2) is 5.84 Å². The first-order chi connectivity index (χ1) is 9.01. The van der Waals surface area contributed by atoms with Crippen molar-refractivity contribution in [1.29, 1.82) is 0 Å². The number of nitrogens with one attached hydrogen (secondary N) is 1. The number of aryl methyl sites for hydroxylation is 1. The molecule has 3 nitrogen and oxygen atoms in total. The SMILES string of the molecule is CC(C)(C)N=C(NN)C1C2CCc3ccccc3C21. The molecule has 3 rings (SSSR count). The first-order valence-electron chi connectivity index (χ1n) is 7.15. The molecule has 3 unspecified atom stereocenters. The summed E-state index contributed by atoms with van der Waals surface area (Å²) in [6, 6.07) is 8.82. The van der Waals surface area contributed by atoms with Gasteiger partial charge in [0.05, 0.1) is 5.54 Å². The van der Waals surface area contributed by atoms with Gasteiger partial charge in [-0.15, -0.1) is 0 Å². The van der Waals surface area contributed by atoms with Gasteiger partial charge in [0.1, 0.15) is 5.84 Å². The highest BCUT2D eigenvalue weighted by Crippen LogP contribution is 2.60. The molecule has 1 saturated carbocycles. The van der Waals surface area contributed by atoms with E-state index in [1.807, 2.05) is 0 Å². The third-order valence-electron chi connectivity index (χ3n) is 4.25. The van der Waals surface area contributed by atoms with Gasteiger partial charge < -0.3 is 5.43 Å². The predicted octanol–water partition coefficient (Wildman–Crippen LogP) is 2.62. The molecule has 0 heterocycles. The minimum Gasteiger partial charge on any atom is -0.312 e. The maximum atomic E-state index is 5.71. The topological polar surface area (TPSA) is 50.4 Å². The van der Waals surface area contributed by atoms with Gasteiger partial charge in [-0.05, 0) is 56.6 Å². The summed E-state index contributed by atoms with van der Waals surface area (Å²) in [4.78, 5) is 4.77. The monoisotopic (exact) mass is 257 g/mol. The van der Waals surface area contributed by atoms with Crippen LogP contribution in [0, 0.1) is 11.8 Å². The van der Waals surface area contributed by atoms with Gasteiger partial charge >= 0.3 is 0 Å². The molecule has 0 bridgehead atoms. The number of nitrogens with two attached hydrogens (primary N) is 1. The second kappa shape index (κ2) is 4.34. The Morgan fingerprint density at radius 2 is 2.05 bits per heavy atom. The summed E-state index contributed by atoms with van der Waals surface area (Å²) in [7, 11) is 0. The number of nitrogens with zero attached hydrogens (tertiary/aromatic N) is 1. The summed E-state index contributed by atoms with van der Waals surface area (Å²) in [6.45, 7) is 6.35. The molecule has 0 aromatic heterocycles. The van der Waals surface area contributed by atoms with E-state index in [1.165, 1.54) is 24.0 Å². The Morgan fingerprint density at radius 1 is 1.32 bits per heavy atom. The fraction of sp³-hybridized carbons (Fsp3) is 0.562. The zero-order chi connectivity index (χ0) is 13.6. The van der Waals surface area contributed by atoms with Crippen LogP contribution in [-0.2, 0) is 6.42 Å². The van der Waals surface area contributed by atoms with E-state index in [0.29, 0.717) is 11.8 Å². The lowest BCUT2D eigenvalue weighted by atomic mass is 9.92. The average Bonchev–Trinajstić information content (AvgIpc) is 3.09. The Balaban J connectivity index is 1.89. The van der Waals surface area contributed by atoms with Gasteiger partial charge in [0.2, 0.25) is 0 Å². The van der Waals surface area contributed by atoms with E-state index >= 15 is 0 Å². The zero-order valence-electron chi connectivity index (χ0n) is 12.0. The second-order valence-electron chi connectivity index (χ2n) is 6.77. The standard InChI is InChI=1S/C16H23N3/c1-16(2,3)18-15(19-17)14-12-9-8-10-6-4-5-7-11(10)13(12)14/h4-7,12-14H,8-9,17H2,1-3H3,(H,18,19). The number of hydrogen-bond acceptors (Lipinski definition) is 2. The van der Waals surface area contributed by atoms with Gasteiger partial charge in [-0.3, -0.25) is 4.99 Å². The van der Waals surface area contributed by atoms with E-state index in [0.717, 1.165) is 11.8 Å². The number of hydrazine groups is 1. The molecule has 3 heteroatoms. The van der Waals surface area contributed by atoms with Crippen molar-refractivity contribution in [2.75, 3.05) is 0 Å². The highest BCUT2D eigenvalue weighted by atomic mass is 15.3. The van der Waals surface area contributed by atoms with Crippen LogP contribution < -0.4 is 11.3 Å². The summed E-state index contributed by atoms with van der Waals surface area (Å²) >= 11 is 0. The van der Waals surface area contributed by atoms with Gasteiger partial charge in [-0.1, -0.05) is 24.3 Å². The molecule has 0 amide bonds. The van der Waals surface area contributed by atoms with E-state index in [9.17, 15) is 0 Å². The molecule has 2 aliphatic carbocycles. The average molecular weight is 257 g/mol. The van der Waals surface area contributed by atoms with Crippen LogP contribution in [0.2, 0.25) is 0 Å². The van der Waals surface area contributed by atoms with E-state index in [4.69, 9.17) is 10.8 Å². The normalized spacial score (nSPS) is 29.5. The van der Waals surface area contributed by atoms with Gasteiger partial charge in [0.15, 0.2) is 0 Å². The molecule has 0 spiro atoms. The number of hydrogen-bond donors (Lipinski definition) is 2. The van der Waals surface area contributed by atoms with Gasteiger partial charge in [0, 0.05) is 5.92 Å². The third-order valence-corrected chi connectivity index (χ3v) is 4.25. The summed E-state index contributed by atoms with van der Waals surface area (Å²) < 4.78 is 0. The van der Waals surface area contributed by atoms with Gasteiger partial charge in [-0.2, -0.15) is 0 Å².